The molecule has 1 unspecified atom stereocenters. The number of nitrogens with one attached hydrogen (secondary N) is 2. The van der Waals surface area contributed by atoms with Crippen LogP contribution >= 0.6 is 0 Å². The lowest BCUT2D eigenvalue weighted by atomic mass is 9.98. The number of carbonyl (C=O) groups is 4. The van der Waals surface area contributed by atoms with E-state index in [0.29, 0.717) is 6.61 Å². The molecule has 0 aliphatic heterocycles. The Kier molecular flexibility index (Phi) is 14.0. The smallest absolute Gasteiger partial charge is 0.407 e. The molecule has 13 nitrogen and oxygen atoms in total. The van der Waals surface area contributed by atoms with Crippen molar-refractivity contribution in [2.75, 3.05) is 52.8 Å². The predicted molar refractivity (Wildman–Crippen MR) is 154 cm³/mol. The van der Waals surface area contributed by atoms with Crippen LogP contribution in [0.15, 0.2) is 48.5 Å². The van der Waals surface area contributed by atoms with Crippen molar-refractivity contribution in [2.45, 2.75) is 31.2 Å². The van der Waals surface area contributed by atoms with Gasteiger partial charge in [0.05, 0.1) is 46.1 Å². The van der Waals surface area contributed by atoms with Crippen molar-refractivity contribution in [3.05, 3.63) is 65.2 Å². The molecule has 2 amide bonds. The Morgan fingerprint density at radius 3 is 2.05 bits per heavy atom. The summed E-state index contributed by atoms with van der Waals surface area (Å²) >= 11 is 0. The van der Waals surface area contributed by atoms with E-state index in [2.05, 4.69) is 15.4 Å². The average Bonchev–Trinajstić information content (AvgIpc) is 3.32. The van der Waals surface area contributed by atoms with Crippen molar-refractivity contribution in [1.29, 1.82) is 0 Å². The number of Topliss-reactive ketones (excluding diaryl/α,β-unsaturated/α-hetero) is 1. The van der Waals surface area contributed by atoms with Crippen LogP contribution in [-0.4, -0.2) is 98.7 Å². The van der Waals surface area contributed by atoms with Crippen LogP contribution in [0.2, 0.25) is 0 Å². The highest BCUT2D eigenvalue weighted by molar-refractivity contribution is 6.25. The van der Waals surface area contributed by atoms with E-state index in [4.69, 9.17) is 29.6 Å². The second kappa shape index (κ2) is 18.2. The Balaban J connectivity index is 1.42. The summed E-state index contributed by atoms with van der Waals surface area (Å²) in [5.41, 5.74) is 12.9. The molecule has 3 rings (SSSR count). The molecule has 1 aliphatic rings. The molecule has 0 saturated carbocycles. The number of fused-ring (bicyclic) bond motifs is 3. The average molecular weight is 597 g/mol. The lowest BCUT2D eigenvalue weighted by molar-refractivity contribution is -0.138. The number of ketones is 1. The minimum Gasteiger partial charge on any atom is -0.481 e. The summed E-state index contributed by atoms with van der Waals surface area (Å²) in [5.74, 6) is -2.12. The van der Waals surface area contributed by atoms with Crippen molar-refractivity contribution < 1.29 is 48.0 Å². The summed E-state index contributed by atoms with van der Waals surface area (Å²) in [5, 5.41) is 13.7. The standard InChI is InChI=1S/C30H36N4O9/c31-33-19-21(35)9-10-27(29(38)32-12-14-41-16-18-42-17-15-40-13-11-28(36)37)34-30(39)43-20-26-24-7-3-1-5-22(24)23-6-2-4-8-25(23)26/h1-8,19,26-27H,9-18,20H2,(H,32,38)(H,34,39)(H,36,37). The maximum Gasteiger partial charge on any atom is 0.407 e. The molecule has 0 fully saturated rings. The topological polar surface area (TPSA) is 186 Å². The quantitative estimate of drug-likeness (QED) is 0.0891. The number of benzene rings is 2. The summed E-state index contributed by atoms with van der Waals surface area (Å²) in [6, 6.07) is 14.8. The lowest BCUT2D eigenvalue weighted by Gasteiger charge is -2.19. The molecule has 0 aromatic heterocycles. The van der Waals surface area contributed by atoms with Crippen LogP contribution in [0.5, 0.6) is 0 Å². The highest BCUT2D eigenvalue weighted by Gasteiger charge is 2.30. The van der Waals surface area contributed by atoms with E-state index in [-0.39, 0.29) is 71.4 Å². The van der Waals surface area contributed by atoms with E-state index in [0.717, 1.165) is 28.5 Å². The molecule has 0 spiro atoms. The Hall–Kier alpha value is -4.42. The van der Waals surface area contributed by atoms with E-state index >= 15 is 0 Å². The number of carbonyl (C=O) groups excluding carboxylic acids is 3. The molecule has 2 aromatic carbocycles. The molecule has 1 atom stereocenters. The first-order valence-electron chi connectivity index (χ1n) is 13.9. The summed E-state index contributed by atoms with van der Waals surface area (Å²) in [6.45, 7) is 1.63. The van der Waals surface area contributed by atoms with Crippen molar-refractivity contribution in [2.24, 2.45) is 0 Å². The zero-order chi connectivity index (χ0) is 30.9. The molecular formula is C30H36N4O9. The molecule has 0 radical (unpaired) electrons. The maximum absolute atomic E-state index is 12.8. The highest BCUT2D eigenvalue weighted by atomic mass is 16.6. The third-order valence-corrected chi connectivity index (χ3v) is 6.58. The van der Waals surface area contributed by atoms with E-state index in [9.17, 15) is 19.2 Å². The fourth-order valence-electron chi connectivity index (χ4n) is 4.54. The first-order chi connectivity index (χ1) is 20.9. The van der Waals surface area contributed by atoms with Gasteiger partial charge >= 0.3 is 18.3 Å². The van der Waals surface area contributed by atoms with E-state index in [1.165, 1.54) is 0 Å². The molecule has 0 heterocycles. The zero-order valence-electron chi connectivity index (χ0n) is 23.7. The van der Waals surface area contributed by atoms with Crippen LogP contribution in [0.4, 0.5) is 4.79 Å². The van der Waals surface area contributed by atoms with Gasteiger partial charge in [0.15, 0.2) is 0 Å². The Morgan fingerprint density at radius 2 is 1.44 bits per heavy atom. The van der Waals surface area contributed by atoms with Gasteiger partial charge < -0.3 is 40.2 Å². The van der Waals surface area contributed by atoms with Crippen molar-refractivity contribution in [1.82, 2.24) is 10.6 Å². The molecule has 2 aromatic rings. The first kappa shape index (κ1) is 33.1. The normalized spacial score (nSPS) is 12.4. The van der Waals surface area contributed by atoms with Crippen molar-refractivity contribution in [3.63, 3.8) is 0 Å². The van der Waals surface area contributed by atoms with Gasteiger partial charge in [-0.3, -0.25) is 14.4 Å². The fourth-order valence-corrected chi connectivity index (χ4v) is 4.54. The van der Waals surface area contributed by atoms with E-state index in [1.54, 1.807) is 0 Å². The molecule has 0 bridgehead atoms. The van der Waals surface area contributed by atoms with Crippen molar-refractivity contribution in [3.8, 4) is 11.1 Å². The number of hydrogen-bond acceptors (Lipinski definition) is 8. The van der Waals surface area contributed by atoms with Gasteiger partial charge in [0.25, 0.3) is 0 Å². The van der Waals surface area contributed by atoms with Crippen LogP contribution < -0.4 is 10.6 Å². The molecule has 43 heavy (non-hydrogen) atoms. The molecule has 13 heteroatoms. The molecule has 0 saturated heterocycles. The summed E-state index contributed by atoms with van der Waals surface area (Å²) in [4.78, 5) is 50.5. The number of hydrogen-bond donors (Lipinski definition) is 3. The summed E-state index contributed by atoms with van der Waals surface area (Å²) in [7, 11) is 0. The van der Waals surface area contributed by atoms with Crippen LogP contribution in [0.25, 0.3) is 16.7 Å². The van der Waals surface area contributed by atoms with Gasteiger partial charge in [0, 0.05) is 18.9 Å². The Bertz CT molecular complexity index is 1250. The minimum absolute atomic E-state index is 0.0376. The molecule has 1 aliphatic carbocycles. The third-order valence-electron chi connectivity index (χ3n) is 6.58. The Morgan fingerprint density at radius 1 is 0.860 bits per heavy atom. The van der Waals surface area contributed by atoms with Gasteiger partial charge in [-0.15, -0.1) is 0 Å². The van der Waals surface area contributed by atoms with Crippen LogP contribution in [-0.2, 0) is 33.3 Å². The fraction of sp³-hybridized carbons (Fsp3) is 0.433. The van der Waals surface area contributed by atoms with Gasteiger partial charge in [-0.1, -0.05) is 48.5 Å². The van der Waals surface area contributed by atoms with Gasteiger partial charge in [-0.2, -0.15) is 4.79 Å². The zero-order valence-corrected chi connectivity index (χ0v) is 23.7. The lowest BCUT2D eigenvalue weighted by Crippen LogP contribution is -2.48. The SMILES string of the molecule is [N-]=[N+]=CC(=O)CCC(NC(=O)OCC1c2ccccc2-c2ccccc21)C(=O)NCCOCCOCCOCCC(=O)O. The number of aliphatic carboxylic acids is 1. The van der Waals surface area contributed by atoms with Gasteiger partial charge in [0.2, 0.25) is 11.7 Å². The van der Waals surface area contributed by atoms with Crippen LogP contribution in [0.1, 0.15) is 36.3 Å². The number of ether oxygens (including phenoxy) is 4. The molecular weight excluding hydrogens is 560 g/mol. The van der Waals surface area contributed by atoms with Gasteiger partial charge in [-0.25, -0.2) is 4.79 Å². The van der Waals surface area contributed by atoms with E-state index in [1.807, 2.05) is 48.5 Å². The predicted octanol–water partition coefficient (Wildman–Crippen LogP) is 2.18. The highest BCUT2D eigenvalue weighted by Crippen LogP contribution is 2.44. The van der Waals surface area contributed by atoms with Gasteiger partial charge in [-0.05, 0) is 28.7 Å². The summed E-state index contributed by atoms with van der Waals surface area (Å²) < 4.78 is 21.4. The second-order valence-corrected chi connectivity index (χ2v) is 9.54. The number of carboxylic acids is 1. The van der Waals surface area contributed by atoms with Gasteiger partial charge in [0.1, 0.15) is 12.6 Å². The number of carboxylic acid groups (broad SMARTS) is 1. The number of amides is 2. The first-order valence-corrected chi connectivity index (χ1v) is 13.9. The Labute approximate surface area is 249 Å². The van der Waals surface area contributed by atoms with Crippen LogP contribution in [0, 0.1) is 0 Å². The largest absolute Gasteiger partial charge is 0.481 e. The van der Waals surface area contributed by atoms with Crippen LogP contribution in [0.3, 0.4) is 0 Å². The third kappa shape index (κ3) is 11.1. The summed E-state index contributed by atoms with van der Waals surface area (Å²) in [6.07, 6.45) is -0.306. The van der Waals surface area contributed by atoms with Crippen molar-refractivity contribution >= 4 is 30.0 Å². The van der Waals surface area contributed by atoms with E-state index < -0.39 is 29.8 Å². The number of nitrogens with zero attached hydrogens (tertiary/aromatic N) is 2. The number of alkyl carbamates (subject to hydrolysis) is 1. The second-order valence-electron chi connectivity index (χ2n) is 9.54. The molecule has 230 valence electrons. The minimum atomic E-state index is -1.07. The monoisotopic (exact) mass is 596 g/mol. The molecule has 3 N–H and O–H groups in total. The number of rotatable bonds is 20. The maximum atomic E-state index is 12.8.